The highest BCUT2D eigenvalue weighted by atomic mass is 14.6. The number of aromatic nitrogens is 1. The molecule has 1 aromatic heterocycles. The minimum Gasteiger partial charge on any atom is -0.264 e. The quantitative estimate of drug-likeness (QED) is 0.200. The van der Waals surface area contributed by atoms with Crippen LogP contribution < -0.4 is 0 Å². The van der Waals surface area contributed by atoms with Gasteiger partial charge in [0.15, 0.2) is 0 Å². The van der Waals surface area contributed by atoms with Crippen molar-refractivity contribution in [1.82, 2.24) is 4.98 Å². The van der Waals surface area contributed by atoms with Crippen LogP contribution in [0.1, 0.15) is 5.56 Å². The molecule has 0 aliphatic heterocycles. The van der Waals surface area contributed by atoms with Crippen molar-refractivity contribution in [3.63, 3.8) is 0 Å². The average Bonchev–Trinajstić information content (AvgIpc) is 3.08. The molecule has 0 unspecified atom stereocenters. The Kier molecular flexibility index (Phi) is 6.09. The first kappa shape index (κ1) is 25.2. The molecule has 0 saturated heterocycles. The van der Waals surface area contributed by atoms with E-state index in [1.165, 1.54) is 76.8 Å². The summed E-state index contributed by atoms with van der Waals surface area (Å²) in [6.07, 6.45) is 3.72. The zero-order valence-electron chi connectivity index (χ0n) is 24.0. The number of rotatable bonds is 4. The highest BCUT2D eigenvalue weighted by molar-refractivity contribution is 6.21. The average molecular weight is 548 g/mol. The summed E-state index contributed by atoms with van der Waals surface area (Å²) in [7, 11) is 0. The first-order valence-electron chi connectivity index (χ1n) is 14.8. The monoisotopic (exact) mass is 547 g/mol. The maximum atomic E-state index is 4.26. The number of fused-ring (bicyclic) bond motifs is 3. The lowest BCUT2D eigenvalue weighted by atomic mass is 9.85. The van der Waals surface area contributed by atoms with Gasteiger partial charge in [-0.05, 0) is 102 Å². The molecule has 0 fully saturated rings. The van der Waals surface area contributed by atoms with Crippen molar-refractivity contribution in [2.45, 2.75) is 6.92 Å². The Bertz CT molecular complexity index is 2200. The molecule has 8 rings (SSSR count). The molecule has 0 spiro atoms. The molecule has 0 aliphatic rings. The Morgan fingerprint density at radius 3 is 1.40 bits per heavy atom. The Morgan fingerprint density at radius 2 is 0.837 bits per heavy atom. The van der Waals surface area contributed by atoms with Crippen molar-refractivity contribution in [3.8, 4) is 44.5 Å². The molecule has 1 nitrogen and oxygen atoms in total. The summed E-state index contributed by atoms with van der Waals surface area (Å²) in [5.74, 6) is 0. The number of hydrogen-bond acceptors (Lipinski definition) is 1. The van der Waals surface area contributed by atoms with E-state index in [4.69, 9.17) is 0 Å². The van der Waals surface area contributed by atoms with Crippen LogP contribution in [0, 0.1) is 6.92 Å². The molecule has 0 amide bonds. The van der Waals surface area contributed by atoms with Crippen LogP contribution in [0.4, 0.5) is 0 Å². The molecule has 1 heteroatoms. The van der Waals surface area contributed by atoms with E-state index in [9.17, 15) is 0 Å². The van der Waals surface area contributed by atoms with Gasteiger partial charge in [-0.2, -0.15) is 0 Å². The van der Waals surface area contributed by atoms with Crippen molar-refractivity contribution >= 4 is 32.3 Å². The summed E-state index contributed by atoms with van der Waals surface area (Å²) in [6, 6.07) is 53.2. The van der Waals surface area contributed by atoms with Gasteiger partial charge in [-0.1, -0.05) is 133 Å². The molecule has 0 atom stereocenters. The van der Waals surface area contributed by atoms with Gasteiger partial charge in [0.05, 0.1) is 0 Å². The predicted molar refractivity (Wildman–Crippen MR) is 183 cm³/mol. The highest BCUT2D eigenvalue weighted by Crippen LogP contribution is 2.44. The Morgan fingerprint density at radius 1 is 0.372 bits per heavy atom. The van der Waals surface area contributed by atoms with Crippen LogP contribution in [0.5, 0.6) is 0 Å². The molecule has 7 aromatic carbocycles. The van der Waals surface area contributed by atoms with E-state index in [-0.39, 0.29) is 0 Å². The van der Waals surface area contributed by atoms with Crippen LogP contribution in [0.25, 0.3) is 76.8 Å². The maximum Gasteiger partial charge on any atom is 0.0346 e. The Balaban J connectivity index is 1.25. The zero-order chi connectivity index (χ0) is 28.8. The lowest BCUT2D eigenvalue weighted by Gasteiger charge is -2.18. The van der Waals surface area contributed by atoms with Crippen molar-refractivity contribution in [1.29, 1.82) is 0 Å². The van der Waals surface area contributed by atoms with Crippen molar-refractivity contribution < 1.29 is 0 Å². The molecular formula is C42H29N. The third kappa shape index (κ3) is 4.47. The van der Waals surface area contributed by atoms with E-state index in [1.807, 2.05) is 18.5 Å². The number of benzene rings is 7. The van der Waals surface area contributed by atoms with Gasteiger partial charge in [-0.15, -0.1) is 0 Å². The number of hydrogen-bond donors (Lipinski definition) is 0. The minimum absolute atomic E-state index is 1.13. The molecule has 202 valence electrons. The zero-order valence-corrected chi connectivity index (χ0v) is 24.0. The summed E-state index contributed by atoms with van der Waals surface area (Å²) in [6.45, 7) is 2.14. The third-order valence-electron chi connectivity index (χ3n) is 8.61. The number of aryl methyl sites for hydroxylation is 1. The second-order valence-electron chi connectivity index (χ2n) is 11.3. The fourth-order valence-electron chi connectivity index (χ4n) is 6.44. The van der Waals surface area contributed by atoms with Gasteiger partial charge in [0.1, 0.15) is 0 Å². The minimum atomic E-state index is 1.13. The van der Waals surface area contributed by atoms with Gasteiger partial charge >= 0.3 is 0 Å². The summed E-state index contributed by atoms with van der Waals surface area (Å²) in [4.78, 5) is 4.26. The first-order chi connectivity index (χ1) is 21.2. The highest BCUT2D eigenvalue weighted by Gasteiger charge is 2.16. The molecular weight excluding hydrogens is 518 g/mol. The standard InChI is InChI=1S/C42H29N/c1-28-12-14-31(15-13-28)41-37-8-2-4-10-39(37)42(40-11-5-3-9-38(40)41)35-23-22-33-25-32(20-21-34(33)26-35)29-16-18-30(19-17-29)36-7-6-24-43-27-36/h2-27H,1H3. The molecule has 43 heavy (non-hydrogen) atoms. The Hall–Kier alpha value is -5.53. The van der Waals surface area contributed by atoms with E-state index in [0.29, 0.717) is 0 Å². The molecule has 0 N–H and O–H groups in total. The van der Waals surface area contributed by atoms with Crippen LogP contribution in [-0.4, -0.2) is 4.98 Å². The molecule has 0 aliphatic carbocycles. The first-order valence-corrected chi connectivity index (χ1v) is 14.8. The second-order valence-corrected chi connectivity index (χ2v) is 11.3. The summed E-state index contributed by atoms with van der Waals surface area (Å²) in [5, 5.41) is 7.60. The SMILES string of the molecule is Cc1ccc(-c2c3ccccc3c(-c3ccc4cc(-c5ccc(-c6cccnc6)cc5)ccc4c3)c3ccccc23)cc1. The van der Waals surface area contributed by atoms with E-state index < -0.39 is 0 Å². The molecule has 0 bridgehead atoms. The van der Waals surface area contributed by atoms with Crippen LogP contribution >= 0.6 is 0 Å². The van der Waals surface area contributed by atoms with Crippen LogP contribution in [0.15, 0.2) is 158 Å². The van der Waals surface area contributed by atoms with E-state index in [1.54, 1.807) is 0 Å². The number of pyridine rings is 1. The van der Waals surface area contributed by atoms with E-state index in [0.717, 1.165) is 5.56 Å². The normalized spacial score (nSPS) is 11.4. The molecule has 0 saturated carbocycles. The second kappa shape index (κ2) is 10.4. The summed E-state index contributed by atoms with van der Waals surface area (Å²) in [5.41, 5.74) is 11.1. The summed E-state index contributed by atoms with van der Waals surface area (Å²) >= 11 is 0. The van der Waals surface area contributed by atoms with Crippen molar-refractivity contribution in [3.05, 3.63) is 164 Å². The Labute approximate surface area is 251 Å². The topological polar surface area (TPSA) is 12.9 Å². The molecule has 8 aromatic rings. The number of nitrogens with zero attached hydrogens (tertiary/aromatic N) is 1. The van der Waals surface area contributed by atoms with Crippen LogP contribution in [0.3, 0.4) is 0 Å². The van der Waals surface area contributed by atoms with Gasteiger partial charge in [-0.3, -0.25) is 4.98 Å². The van der Waals surface area contributed by atoms with Gasteiger partial charge in [0, 0.05) is 12.4 Å². The molecule has 0 radical (unpaired) electrons. The van der Waals surface area contributed by atoms with Crippen LogP contribution in [-0.2, 0) is 0 Å². The van der Waals surface area contributed by atoms with Crippen molar-refractivity contribution in [2.75, 3.05) is 0 Å². The van der Waals surface area contributed by atoms with Gasteiger partial charge in [0.2, 0.25) is 0 Å². The molecule has 1 heterocycles. The summed E-state index contributed by atoms with van der Waals surface area (Å²) < 4.78 is 0. The fraction of sp³-hybridized carbons (Fsp3) is 0.0238. The third-order valence-corrected chi connectivity index (χ3v) is 8.61. The van der Waals surface area contributed by atoms with E-state index in [2.05, 4.69) is 151 Å². The van der Waals surface area contributed by atoms with Gasteiger partial charge in [-0.25, -0.2) is 0 Å². The maximum absolute atomic E-state index is 4.26. The van der Waals surface area contributed by atoms with Gasteiger partial charge < -0.3 is 0 Å². The predicted octanol–water partition coefficient (Wildman–Crippen LogP) is 11.5. The lowest BCUT2D eigenvalue weighted by molar-refractivity contribution is 1.33. The fourth-order valence-corrected chi connectivity index (χ4v) is 6.44. The lowest BCUT2D eigenvalue weighted by Crippen LogP contribution is -1.91. The van der Waals surface area contributed by atoms with E-state index >= 15 is 0 Å². The van der Waals surface area contributed by atoms with Crippen LogP contribution in [0.2, 0.25) is 0 Å². The van der Waals surface area contributed by atoms with Crippen molar-refractivity contribution in [2.24, 2.45) is 0 Å². The van der Waals surface area contributed by atoms with Gasteiger partial charge in [0.25, 0.3) is 0 Å². The smallest absolute Gasteiger partial charge is 0.0346 e. The largest absolute Gasteiger partial charge is 0.264 e.